The van der Waals surface area contributed by atoms with Crippen LogP contribution in [0.4, 0.5) is 5.95 Å². The van der Waals surface area contributed by atoms with Gasteiger partial charge in [-0.15, -0.1) is 11.8 Å². The number of nitrogens with two attached hydrogens (primary N) is 1. The van der Waals surface area contributed by atoms with Crippen LogP contribution in [0.15, 0.2) is 33.8 Å². The molecule has 0 unspecified atom stereocenters. The maximum atomic E-state index is 5.79. The van der Waals surface area contributed by atoms with E-state index in [1.165, 1.54) is 4.90 Å². The normalized spacial score (nSPS) is 11.2. The van der Waals surface area contributed by atoms with Gasteiger partial charge in [-0.2, -0.15) is 0 Å². The van der Waals surface area contributed by atoms with E-state index in [2.05, 4.69) is 59.0 Å². The summed E-state index contributed by atoms with van der Waals surface area (Å²) >= 11 is 5.30. The van der Waals surface area contributed by atoms with Gasteiger partial charge in [0.2, 0.25) is 5.95 Å². The predicted molar refractivity (Wildman–Crippen MR) is 81.7 cm³/mol. The summed E-state index contributed by atoms with van der Waals surface area (Å²) in [6.07, 6.45) is 0. The van der Waals surface area contributed by atoms with Crippen molar-refractivity contribution < 1.29 is 0 Å². The van der Waals surface area contributed by atoms with E-state index in [0.29, 0.717) is 11.2 Å². The highest BCUT2D eigenvalue weighted by Gasteiger charge is 2.12. The van der Waals surface area contributed by atoms with Crippen molar-refractivity contribution in [3.63, 3.8) is 0 Å². The second kappa shape index (κ2) is 5.36. The van der Waals surface area contributed by atoms with Crippen LogP contribution in [-0.2, 0) is 7.05 Å². The number of anilines is 1. The van der Waals surface area contributed by atoms with Gasteiger partial charge in [0.25, 0.3) is 0 Å². The molecule has 0 bridgehead atoms. The SMILES string of the molecule is CC(C)Sc1ccc(-c2c(Br)nc(N)n2C)cc1. The molecule has 0 aliphatic heterocycles. The first-order chi connectivity index (χ1) is 8.49. The van der Waals surface area contributed by atoms with Crippen LogP contribution in [0, 0.1) is 0 Å². The van der Waals surface area contributed by atoms with E-state index >= 15 is 0 Å². The van der Waals surface area contributed by atoms with E-state index in [1.54, 1.807) is 0 Å². The van der Waals surface area contributed by atoms with Gasteiger partial charge in [-0.1, -0.05) is 26.0 Å². The van der Waals surface area contributed by atoms with E-state index in [0.717, 1.165) is 15.9 Å². The summed E-state index contributed by atoms with van der Waals surface area (Å²) in [6.45, 7) is 4.38. The van der Waals surface area contributed by atoms with E-state index in [9.17, 15) is 0 Å². The van der Waals surface area contributed by atoms with Gasteiger partial charge in [-0.25, -0.2) is 4.98 Å². The molecular formula is C13H16BrN3S. The number of aromatic nitrogens is 2. The van der Waals surface area contributed by atoms with Crippen LogP contribution in [0.5, 0.6) is 0 Å². The average molecular weight is 326 g/mol. The van der Waals surface area contributed by atoms with Crippen LogP contribution in [-0.4, -0.2) is 14.8 Å². The topological polar surface area (TPSA) is 43.8 Å². The standard InChI is InChI=1S/C13H16BrN3S/c1-8(2)18-10-6-4-9(5-7-10)11-12(14)16-13(15)17(11)3/h4-8H,1-3H3,(H2,15,16). The largest absolute Gasteiger partial charge is 0.369 e. The van der Waals surface area contributed by atoms with Gasteiger partial charge in [0.1, 0.15) is 4.60 Å². The van der Waals surface area contributed by atoms with Crippen LogP contribution >= 0.6 is 27.7 Å². The summed E-state index contributed by atoms with van der Waals surface area (Å²) in [6, 6.07) is 8.48. The maximum absolute atomic E-state index is 5.79. The molecule has 0 aliphatic rings. The predicted octanol–water partition coefficient (Wildman–Crippen LogP) is 3.93. The Morgan fingerprint density at radius 3 is 2.33 bits per heavy atom. The van der Waals surface area contributed by atoms with Crippen molar-refractivity contribution >= 4 is 33.6 Å². The summed E-state index contributed by atoms with van der Waals surface area (Å²) in [5.41, 5.74) is 7.91. The highest BCUT2D eigenvalue weighted by Crippen LogP contribution is 2.31. The van der Waals surface area contributed by atoms with Crippen LogP contribution in [0.3, 0.4) is 0 Å². The molecule has 2 N–H and O–H groups in total. The first-order valence-corrected chi connectivity index (χ1v) is 7.41. The Hall–Kier alpha value is -0.940. The molecule has 1 aromatic carbocycles. The molecule has 1 heterocycles. The Kier molecular flexibility index (Phi) is 4.02. The Bertz CT molecular complexity index is 546. The van der Waals surface area contributed by atoms with Crippen molar-refractivity contribution in [3.05, 3.63) is 28.9 Å². The molecular weight excluding hydrogens is 310 g/mol. The minimum atomic E-state index is 0.512. The lowest BCUT2D eigenvalue weighted by Crippen LogP contribution is -1.98. The summed E-state index contributed by atoms with van der Waals surface area (Å²) in [4.78, 5) is 5.49. The van der Waals surface area contributed by atoms with Gasteiger partial charge < -0.3 is 10.3 Å². The first kappa shape index (κ1) is 13.5. The molecule has 0 saturated heterocycles. The molecule has 0 atom stereocenters. The van der Waals surface area contributed by atoms with Crippen molar-refractivity contribution in [2.75, 3.05) is 5.73 Å². The zero-order valence-electron chi connectivity index (χ0n) is 10.6. The molecule has 1 aromatic heterocycles. The Balaban J connectivity index is 2.34. The number of hydrogen-bond acceptors (Lipinski definition) is 3. The second-order valence-electron chi connectivity index (χ2n) is 4.36. The number of rotatable bonds is 3. The van der Waals surface area contributed by atoms with Gasteiger partial charge in [0, 0.05) is 22.8 Å². The summed E-state index contributed by atoms with van der Waals surface area (Å²) < 4.78 is 2.67. The Labute approximate surface area is 120 Å². The van der Waals surface area contributed by atoms with Crippen LogP contribution in [0.1, 0.15) is 13.8 Å². The molecule has 2 aromatic rings. The zero-order chi connectivity index (χ0) is 13.3. The molecule has 0 aliphatic carbocycles. The fraction of sp³-hybridized carbons (Fsp3) is 0.308. The second-order valence-corrected chi connectivity index (χ2v) is 6.76. The van der Waals surface area contributed by atoms with Crippen molar-refractivity contribution in [1.29, 1.82) is 0 Å². The lowest BCUT2D eigenvalue weighted by atomic mass is 10.2. The molecule has 5 heteroatoms. The third-order valence-electron chi connectivity index (χ3n) is 2.59. The van der Waals surface area contributed by atoms with Gasteiger partial charge in [-0.3, -0.25) is 0 Å². The number of halogens is 1. The van der Waals surface area contributed by atoms with Crippen LogP contribution < -0.4 is 5.73 Å². The summed E-state index contributed by atoms with van der Waals surface area (Å²) in [5, 5.41) is 0.593. The van der Waals surface area contributed by atoms with Crippen LogP contribution in [0.25, 0.3) is 11.3 Å². The van der Waals surface area contributed by atoms with Gasteiger partial charge in [-0.05, 0) is 28.1 Å². The zero-order valence-corrected chi connectivity index (χ0v) is 13.0. The molecule has 0 fully saturated rings. The summed E-state index contributed by atoms with van der Waals surface area (Å²) in [5.74, 6) is 0.512. The molecule has 0 radical (unpaired) electrons. The first-order valence-electron chi connectivity index (χ1n) is 5.74. The fourth-order valence-corrected chi connectivity index (χ4v) is 3.27. The molecule has 0 saturated carbocycles. The molecule has 3 nitrogen and oxygen atoms in total. The smallest absolute Gasteiger partial charge is 0.201 e. The highest BCUT2D eigenvalue weighted by atomic mass is 79.9. The molecule has 18 heavy (non-hydrogen) atoms. The Morgan fingerprint density at radius 2 is 1.89 bits per heavy atom. The third kappa shape index (κ3) is 2.72. The number of nitrogen functional groups attached to an aromatic ring is 1. The lowest BCUT2D eigenvalue weighted by molar-refractivity contribution is 0.938. The van der Waals surface area contributed by atoms with Gasteiger partial charge in [0.15, 0.2) is 0 Å². The molecule has 96 valence electrons. The van der Waals surface area contributed by atoms with Crippen molar-refractivity contribution in [3.8, 4) is 11.3 Å². The van der Waals surface area contributed by atoms with E-state index in [-0.39, 0.29) is 0 Å². The average Bonchev–Trinajstić information content (AvgIpc) is 2.54. The minimum Gasteiger partial charge on any atom is -0.369 e. The quantitative estimate of drug-likeness (QED) is 0.869. The maximum Gasteiger partial charge on any atom is 0.201 e. The number of nitrogens with zero attached hydrogens (tertiary/aromatic N) is 2. The lowest BCUT2D eigenvalue weighted by Gasteiger charge is -2.07. The van der Waals surface area contributed by atoms with Gasteiger partial charge in [0.05, 0.1) is 5.69 Å². The Morgan fingerprint density at radius 1 is 1.28 bits per heavy atom. The van der Waals surface area contributed by atoms with Crippen molar-refractivity contribution in [2.24, 2.45) is 7.05 Å². The van der Waals surface area contributed by atoms with E-state index in [4.69, 9.17) is 5.73 Å². The van der Waals surface area contributed by atoms with Gasteiger partial charge >= 0.3 is 0 Å². The van der Waals surface area contributed by atoms with E-state index in [1.807, 2.05) is 23.4 Å². The molecule has 2 rings (SSSR count). The number of imidazole rings is 1. The number of hydrogen-bond donors (Lipinski definition) is 1. The van der Waals surface area contributed by atoms with Crippen molar-refractivity contribution in [1.82, 2.24) is 9.55 Å². The van der Waals surface area contributed by atoms with E-state index < -0.39 is 0 Å². The fourth-order valence-electron chi connectivity index (χ4n) is 1.76. The van der Waals surface area contributed by atoms with Crippen molar-refractivity contribution in [2.45, 2.75) is 24.0 Å². The molecule has 0 amide bonds. The number of thioether (sulfide) groups is 1. The number of benzene rings is 1. The minimum absolute atomic E-state index is 0.512. The highest BCUT2D eigenvalue weighted by molar-refractivity contribution is 9.10. The summed E-state index contributed by atoms with van der Waals surface area (Å²) in [7, 11) is 1.92. The van der Waals surface area contributed by atoms with Crippen LogP contribution in [0.2, 0.25) is 0 Å². The third-order valence-corrected chi connectivity index (χ3v) is 4.16. The monoisotopic (exact) mass is 325 g/mol. The molecule has 0 spiro atoms.